The molecule has 216 valence electrons. The Labute approximate surface area is 239 Å². The summed E-state index contributed by atoms with van der Waals surface area (Å²) in [6.45, 7) is 6.77. The molecule has 1 saturated heterocycles. The van der Waals surface area contributed by atoms with E-state index in [-0.39, 0.29) is 29.3 Å². The van der Waals surface area contributed by atoms with Crippen molar-refractivity contribution in [1.82, 2.24) is 14.7 Å². The summed E-state index contributed by atoms with van der Waals surface area (Å²) in [5.74, 6) is 0.440. The predicted molar refractivity (Wildman–Crippen MR) is 150 cm³/mol. The molecule has 0 unspecified atom stereocenters. The van der Waals surface area contributed by atoms with Gasteiger partial charge in [0, 0.05) is 29.2 Å². The van der Waals surface area contributed by atoms with Gasteiger partial charge in [0.1, 0.15) is 4.75 Å². The van der Waals surface area contributed by atoms with E-state index in [1.807, 2.05) is 6.92 Å². The number of benzene rings is 2. The zero-order valence-electron chi connectivity index (χ0n) is 22.8. The van der Waals surface area contributed by atoms with Gasteiger partial charge in [-0.05, 0) is 107 Å². The zero-order chi connectivity index (χ0) is 28.7. The van der Waals surface area contributed by atoms with Crippen molar-refractivity contribution in [1.29, 1.82) is 0 Å². The van der Waals surface area contributed by atoms with Crippen molar-refractivity contribution < 1.29 is 21.6 Å². The van der Waals surface area contributed by atoms with Crippen LogP contribution >= 0.6 is 11.6 Å². The van der Waals surface area contributed by atoms with Gasteiger partial charge in [-0.15, -0.1) is 0 Å². The number of hydrogen-bond acceptors (Lipinski definition) is 4. The van der Waals surface area contributed by atoms with Gasteiger partial charge in [0.2, 0.25) is 0 Å². The first-order valence-corrected chi connectivity index (χ1v) is 15.8. The van der Waals surface area contributed by atoms with Gasteiger partial charge < -0.3 is 4.90 Å². The number of rotatable bonds is 6. The van der Waals surface area contributed by atoms with Crippen molar-refractivity contribution in [3.63, 3.8) is 0 Å². The van der Waals surface area contributed by atoms with Crippen LogP contribution in [0.5, 0.6) is 0 Å². The largest absolute Gasteiger partial charge is 0.416 e. The molecule has 0 radical (unpaired) electrons. The van der Waals surface area contributed by atoms with E-state index < -0.39 is 26.3 Å². The number of halogens is 4. The summed E-state index contributed by atoms with van der Waals surface area (Å²) in [6, 6.07) is 13.2. The Kier molecular flexibility index (Phi) is 8.12. The molecule has 10 heteroatoms. The topological polar surface area (TPSA) is 55.2 Å². The van der Waals surface area contributed by atoms with Crippen molar-refractivity contribution in [2.75, 3.05) is 13.1 Å². The minimum Gasteiger partial charge on any atom is -0.300 e. The number of aryl methyl sites for hydroxylation is 2. The van der Waals surface area contributed by atoms with Crippen LogP contribution < -0.4 is 0 Å². The molecule has 1 aliphatic heterocycles. The molecule has 1 aliphatic carbocycles. The first-order valence-electron chi connectivity index (χ1n) is 13.9. The van der Waals surface area contributed by atoms with E-state index in [2.05, 4.69) is 27.7 Å². The first kappa shape index (κ1) is 29.1. The maximum absolute atomic E-state index is 14.2. The number of piperidine rings is 1. The van der Waals surface area contributed by atoms with Gasteiger partial charge in [-0.3, -0.25) is 4.68 Å². The average Bonchev–Trinajstić information content (AvgIpc) is 3.33. The van der Waals surface area contributed by atoms with E-state index in [9.17, 15) is 21.6 Å². The summed E-state index contributed by atoms with van der Waals surface area (Å²) < 4.78 is 70.0. The second kappa shape index (κ2) is 11.1. The highest BCUT2D eigenvalue weighted by Gasteiger charge is 2.50. The van der Waals surface area contributed by atoms with Crippen LogP contribution in [0, 0.1) is 6.92 Å². The monoisotopic (exact) mass is 593 g/mol. The van der Waals surface area contributed by atoms with E-state index >= 15 is 0 Å². The molecule has 2 aliphatic rings. The van der Waals surface area contributed by atoms with Crippen LogP contribution in [0.4, 0.5) is 13.2 Å². The van der Waals surface area contributed by atoms with E-state index in [4.69, 9.17) is 11.6 Å². The molecule has 2 heterocycles. The zero-order valence-corrected chi connectivity index (χ0v) is 24.4. The third kappa shape index (κ3) is 5.44. The molecule has 3 aromatic rings. The van der Waals surface area contributed by atoms with Crippen LogP contribution in [0.3, 0.4) is 0 Å². The molecule has 2 aromatic carbocycles. The quantitative estimate of drug-likeness (QED) is 0.299. The highest BCUT2D eigenvalue weighted by molar-refractivity contribution is 7.92. The van der Waals surface area contributed by atoms with E-state index in [1.165, 1.54) is 42.1 Å². The number of aromatic nitrogens is 2. The van der Waals surface area contributed by atoms with E-state index in [1.54, 1.807) is 0 Å². The van der Waals surface area contributed by atoms with Crippen LogP contribution in [0.25, 0.3) is 0 Å². The Morgan fingerprint density at radius 3 is 2.25 bits per heavy atom. The van der Waals surface area contributed by atoms with Gasteiger partial charge in [0.25, 0.3) is 0 Å². The lowest BCUT2D eigenvalue weighted by atomic mass is 9.79. The second-order valence-electron chi connectivity index (χ2n) is 11.1. The number of sulfone groups is 1. The van der Waals surface area contributed by atoms with Crippen molar-refractivity contribution in [3.8, 4) is 0 Å². The summed E-state index contributed by atoms with van der Waals surface area (Å²) >= 11 is 6.01. The lowest BCUT2D eigenvalue weighted by molar-refractivity contribution is -0.137. The lowest BCUT2D eigenvalue weighted by Gasteiger charge is -2.45. The average molecular weight is 594 g/mol. The molecule has 1 saturated carbocycles. The van der Waals surface area contributed by atoms with Crippen LogP contribution in [-0.2, 0) is 27.3 Å². The summed E-state index contributed by atoms with van der Waals surface area (Å²) in [4.78, 5) is 2.53. The number of likely N-dealkylation sites (tertiary alicyclic amines) is 1. The third-order valence-corrected chi connectivity index (χ3v) is 11.6. The Balaban J connectivity index is 1.39. The molecule has 0 spiro atoms. The van der Waals surface area contributed by atoms with Gasteiger partial charge in [0.05, 0.1) is 16.2 Å². The first-order chi connectivity index (χ1) is 18.9. The molecular weight excluding hydrogens is 559 g/mol. The molecule has 5 rings (SSSR count). The number of hydrogen-bond donors (Lipinski definition) is 0. The fourth-order valence-electron chi connectivity index (χ4n) is 6.67. The highest BCUT2D eigenvalue weighted by Crippen LogP contribution is 2.49. The summed E-state index contributed by atoms with van der Waals surface area (Å²) in [6.07, 6.45) is -0.849. The van der Waals surface area contributed by atoms with Gasteiger partial charge in [-0.2, -0.15) is 18.3 Å². The summed E-state index contributed by atoms with van der Waals surface area (Å²) in [5, 5.41) is 5.00. The number of nitrogens with zero attached hydrogens (tertiary/aromatic N) is 3. The minimum atomic E-state index is -4.56. The molecule has 1 aromatic heterocycles. The maximum atomic E-state index is 14.2. The molecule has 0 N–H and O–H groups in total. The van der Waals surface area contributed by atoms with Crippen molar-refractivity contribution in [2.45, 2.75) is 86.7 Å². The number of alkyl halides is 3. The standard InChI is InChI=1S/C30H35ClF3N3O2S/c1-3-37-28(19-21(2)35-37)22-13-17-36(18-14-22)26-11-15-29(16-12-26,23-5-4-6-24(20-23)30(32,33)34)40(38,39)27-9-7-25(31)8-10-27/h4-10,19-20,22,26H,3,11-18H2,1-2H3. The van der Waals surface area contributed by atoms with Crippen molar-refractivity contribution >= 4 is 21.4 Å². The Morgan fingerprint density at radius 1 is 1.00 bits per heavy atom. The molecule has 0 amide bonds. The molecule has 2 fully saturated rings. The molecule has 40 heavy (non-hydrogen) atoms. The van der Waals surface area contributed by atoms with Crippen molar-refractivity contribution in [2.24, 2.45) is 0 Å². The van der Waals surface area contributed by atoms with Gasteiger partial charge in [-0.1, -0.05) is 29.8 Å². The molecule has 0 bridgehead atoms. The fourth-order valence-corrected chi connectivity index (χ4v) is 8.95. The molecule has 0 atom stereocenters. The van der Waals surface area contributed by atoms with E-state index in [0.29, 0.717) is 23.8 Å². The van der Waals surface area contributed by atoms with Crippen molar-refractivity contribution in [3.05, 3.63) is 82.1 Å². The van der Waals surface area contributed by atoms with Gasteiger partial charge >= 0.3 is 6.18 Å². The summed E-state index contributed by atoms with van der Waals surface area (Å²) in [5.41, 5.74) is 1.68. The lowest BCUT2D eigenvalue weighted by Crippen LogP contribution is -2.48. The van der Waals surface area contributed by atoms with E-state index in [0.717, 1.165) is 50.3 Å². The summed E-state index contributed by atoms with van der Waals surface area (Å²) in [7, 11) is -4.01. The highest BCUT2D eigenvalue weighted by atomic mass is 35.5. The minimum absolute atomic E-state index is 0.0800. The van der Waals surface area contributed by atoms with Crippen LogP contribution in [0.1, 0.15) is 73.9 Å². The van der Waals surface area contributed by atoms with Gasteiger partial charge in [-0.25, -0.2) is 8.42 Å². The smallest absolute Gasteiger partial charge is 0.300 e. The Bertz CT molecular complexity index is 1440. The van der Waals surface area contributed by atoms with Crippen LogP contribution in [-0.4, -0.2) is 42.2 Å². The van der Waals surface area contributed by atoms with Gasteiger partial charge in [0.15, 0.2) is 9.84 Å². The Morgan fingerprint density at radius 2 is 1.65 bits per heavy atom. The molecular formula is C30H35ClF3N3O2S. The second-order valence-corrected chi connectivity index (χ2v) is 13.8. The third-order valence-electron chi connectivity index (χ3n) is 8.81. The fraction of sp³-hybridized carbons (Fsp3) is 0.500. The normalized spacial score (nSPS) is 23.4. The maximum Gasteiger partial charge on any atom is 0.416 e. The van der Waals surface area contributed by atoms with Crippen LogP contribution in [0.15, 0.2) is 59.5 Å². The van der Waals surface area contributed by atoms with Crippen LogP contribution in [0.2, 0.25) is 5.02 Å². The molecule has 5 nitrogen and oxygen atoms in total. The Hall–Kier alpha value is -2.36. The predicted octanol–water partition coefficient (Wildman–Crippen LogP) is 7.38. The SMILES string of the molecule is CCn1nc(C)cc1C1CCN(C2CCC(c3cccc(C(F)(F)F)c3)(S(=O)(=O)c3ccc(Cl)cc3)CC2)CC1.